The maximum Gasteiger partial charge on any atom is 0.349 e. The van der Waals surface area contributed by atoms with Crippen molar-refractivity contribution in [1.29, 1.82) is 5.26 Å². The van der Waals surface area contributed by atoms with E-state index in [1.165, 1.54) is 6.07 Å². The zero-order valence-corrected chi connectivity index (χ0v) is 12.1. The Morgan fingerprint density at radius 1 is 1.13 bits per heavy atom. The molecule has 0 fully saturated rings. The number of carbonyl (C=O) groups excluding carboxylic acids is 1. The van der Waals surface area contributed by atoms with E-state index in [0.29, 0.717) is 16.5 Å². The van der Waals surface area contributed by atoms with E-state index in [9.17, 15) is 9.59 Å². The van der Waals surface area contributed by atoms with Crippen molar-refractivity contribution in [3.8, 4) is 6.07 Å². The van der Waals surface area contributed by atoms with Gasteiger partial charge in [0.1, 0.15) is 11.1 Å². The molecule has 5 heteroatoms. The van der Waals surface area contributed by atoms with Crippen LogP contribution >= 0.6 is 0 Å². The number of benzene rings is 2. The number of carbonyl (C=O) groups is 1. The van der Waals surface area contributed by atoms with Crippen molar-refractivity contribution in [1.82, 2.24) is 5.32 Å². The number of nitriles is 1. The van der Waals surface area contributed by atoms with Crippen molar-refractivity contribution in [3.63, 3.8) is 0 Å². The van der Waals surface area contributed by atoms with Crippen LogP contribution in [0.3, 0.4) is 0 Å². The number of hydrogen-bond donors (Lipinski definition) is 1. The average Bonchev–Trinajstić information content (AvgIpc) is 2.59. The summed E-state index contributed by atoms with van der Waals surface area (Å²) >= 11 is 0. The van der Waals surface area contributed by atoms with Crippen molar-refractivity contribution in [2.24, 2.45) is 0 Å². The first kappa shape index (κ1) is 14.5. The molecule has 0 atom stereocenters. The Labute approximate surface area is 131 Å². The summed E-state index contributed by atoms with van der Waals surface area (Å²) in [5, 5.41) is 12.1. The molecule has 1 N–H and O–H groups in total. The third-order valence-corrected chi connectivity index (χ3v) is 3.42. The van der Waals surface area contributed by atoms with Crippen LogP contribution in [-0.4, -0.2) is 5.91 Å². The van der Waals surface area contributed by atoms with Crippen molar-refractivity contribution >= 4 is 16.9 Å². The minimum absolute atomic E-state index is 0.0302. The van der Waals surface area contributed by atoms with E-state index in [4.69, 9.17) is 9.68 Å². The van der Waals surface area contributed by atoms with Crippen LogP contribution in [0, 0.1) is 11.3 Å². The van der Waals surface area contributed by atoms with E-state index in [1.807, 2.05) is 6.07 Å². The van der Waals surface area contributed by atoms with Gasteiger partial charge in [-0.15, -0.1) is 0 Å². The van der Waals surface area contributed by atoms with Gasteiger partial charge in [-0.1, -0.05) is 30.3 Å². The molecule has 2 aromatic carbocycles. The highest BCUT2D eigenvalue weighted by atomic mass is 16.4. The van der Waals surface area contributed by atoms with Crippen LogP contribution in [0.5, 0.6) is 0 Å². The molecule has 0 radical (unpaired) electrons. The number of rotatable bonds is 3. The number of hydrogen-bond acceptors (Lipinski definition) is 4. The molecule has 5 nitrogen and oxygen atoms in total. The third kappa shape index (κ3) is 3.11. The first-order valence-electron chi connectivity index (χ1n) is 6.97. The van der Waals surface area contributed by atoms with Crippen molar-refractivity contribution < 1.29 is 9.21 Å². The molecule has 3 rings (SSSR count). The lowest BCUT2D eigenvalue weighted by atomic mass is 10.1. The van der Waals surface area contributed by atoms with Gasteiger partial charge in [0, 0.05) is 11.9 Å². The highest BCUT2D eigenvalue weighted by Crippen LogP contribution is 2.12. The minimum Gasteiger partial charge on any atom is -0.422 e. The Morgan fingerprint density at radius 3 is 2.61 bits per heavy atom. The van der Waals surface area contributed by atoms with Gasteiger partial charge in [-0.3, -0.25) is 4.79 Å². The van der Waals surface area contributed by atoms with E-state index in [0.717, 1.165) is 5.56 Å². The number of nitrogens with zero attached hydrogens (tertiary/aromatic N) is 1. The van der Waals surface area contributed by atoms with Crippen molar-refractivity contribution in [3.05, 3.63) is 81.7 Å². The largest absolute Gasteiger partial charge is 0.422 e. The lowest BCUT2D eigenvalue weighted by molar-refractivity contribution is 0.0947. The molecule has 1 amide bonds. The summed E-state index contributed by atoms with van der Waals surface area (Å²) in [6.07, 6.45) is 0. The zero-order chi connectivity index (χ0) is 16.2. The summed E-state index contributed by atoms with van der Waals surface area (Å²) in [5.41, 5.74) is 1.14. The normalized spacial score (nSPS) is 10.2. The summed E-state index contributed by atoms with van der Waals surface area (Å²) < 4.78 is 5.14. The van der Waals surface area contributed by atoms with Crippen LogP contribution in [0.2, 0.25) is 0 Å². The van der Waals surface area contributed by atoms with Crippen LogP contribution in [0.1, 0.15) is 21.5 Å². The Hall–Kier alpha value is -3.39. The molecular formula is C18H12N2O3. The zero-order valence-electron chi connectivity index (χ0n) is 12.1. The van der Waals surface area contributed by atoms with Gasteiger partial charge in [0.25, 0.3) is 5.91 Å². The molecule has 112 valence electrons. The summed E-state index contributed by atoms with van der Waals surface area (Å²) in [6.45, 7) is 0.261. The van der Waals surface area contributed by atoms with E-state index in [1.54, 1.807) is 48.5 Å². The maximum absolute atomic E-state index is 12.2. The molecule has 3 aromatic rings. The Kier molecular flexibility index (Phi) is 3.89. The van der Waals surface area contributed by atoms with E-state index < -0.39 is 11.5 Å². The fraction of sp³-hybridized carbons (Fsp3) is 0.0556. The molecule has 0 aliphatic rings. The van der Waals surface area contributed by atoms with Crippen molar-refractivity contribution in [2.75, 3.05) is 0 Å². The first-order chi connectivity index (χ1) is 11.2. The van der Waals surface area contributed by atoms with Crippen LogP contribution in [-0.2, 0) is 6.54 Å². The van der Waals surface area contributed by atoms with E-state index in [-0.39, 0.29) is 12.1 Å². The molecule has 1 aromatic heterocycles. The lowest BCUT2D eigenvalue weighted by Crippen LogP contribution is -2.27. The number of para-hydroxylation sites is 1. The van der Waals surface area contributed by atoms with Crippen LogP contribution in [0.4, 0.5) is 0 Å². The lowest BCUT2D eigenvalue weighted by Gasteiger charge is -2.05. The number of amides is 1. The molecule has 0 bridgehead atoms. The summed E-state index contributed by atoms with van der Waals surface area (Å²) in [5.74, 6) is -0.492. The monoisotopic (exact) mass is 304 g/mol. The molecule has 0 aliphatic carbocycles. The predicted octanol–water partition coefficient (Wildman–Crippen LogP) is 2.59. The Morgan fingerprint density at radius 2 is 1.87 bits per heavy atom. The standard InChI is InChI=1S/C18H12N2O3/c19-10-12-5-7-13(8-6-12)11-20-17(21)15-9-14-3-1-2-4-16(14)23-18(15)22/h1-9H,11H2,(H,20,21). The molecule has 0 aliphatic heterocycles. The smallest absolute Gasteiger partial charge is 0.349 e. The maximum atomic E-state index is 12.2. The Bertz CT molecular complexity index is 966. The van der Waals surface area contributed by atoms with E-state index in [2.05, 4.69) is 5.32 Å². The number of fused-ring (bicyclic) bond motifs is 1. The Balaban J connectivity index is 1.79. The van der Waals surface area contributed by atoms with Crippen LogP contribution < -0.4 is 10.9 Å². The number of nitrogens with one attached hydrogen (secondary N) is 1. The van der Waals surface area contributed by atoms with Gasteiger partial charge in [0.05, 0.1) is 11.6 Å². The second-order valence-corrected chi connectivity index (χ2v) is 4.98. The van der Waals surface area contributed by atoms with Gasteiger partial charge >= 0.3 is 5.63 Å². The molecule has 1 heterocycles. The second kappa shape index (κ2) is 6.16. The summed E-state index contributed by atoms with van der Waals surface area (Å²) in [4.78, 5) is 24.1. The molecule has 0 saturated carbocycles. The average molecular weight is 304 g/mol. The molecule has 0 unspecified atom stereocenters. The molecule has 0 saturated heterocycles. The fourth-order valence-corrected chi connectivity index (χ4v) is 2.19. The minimum atomic E-state index is -0.666. The van der Waals surface area contributed by atoms with Gasteiger partial charge in [-0.2, -0.15) is 5.26 Å². The highest BCUT2D eigenvalue weighted by Gasteiger charge is 2.13. The topological polar surface area (TPSA) is 83.1 Å². The van der Waals surface area contributed by atoms with Gasteiger partial charge < -0.3 is 9.73 Å². The van der Waals surface area contributed by atoms with Crippen LogP contribution in [0.15, 0.2) is 63.8 Å². The van der Waals surface area contributed by atoms with Crippen molar-refractivity contribution in [2.45, 2.75) is 6.54 Å². The third-order valence-electron chi connectivity index (χ3n) is 3.42. The van der Waals surface area contributed by atoms with Gasteiger partial charge in [0.15, 0.2) is 0 Å². The van der Waals surface area contributed by atoms with E-state index >= 15 is 0 Å². The molecular weight excluding hydrogens is 292 g/mol. The fourth-order valence-electron chi connectivity index (χ4n) is 2.19. The quantitative estimate of drug-likeness (QED) is 0.754. The summed E-state index contributed by atoms with van der Waals surface area (Å²) in [7, 11) is 0. The predicted molar refractivity (Wildman–Crippen MR) is 84.8 cm³/mol. The summed E-state index contributed by atoms with van der Waals surface area (Å²) in [6, 6.07) is 17.4. The SMILES string of the molecule is N#Cc1ccc(CNC(=O)c2cc3ccccc3oc2=O)cc1. The first-order valence-corrected chi connectivity index (χ1v) is 6.97. The molecule has 0 spiro atoms. The van der Waals surface area contributed by atoms with Crippen LogP contribution in [0.25, 0.3) is 11.0 Å². The van der Waals surface area contributed by atoms with Gasteiger partial charge in [0.2, 0.25) is 0 Å². The molecule has 23 heavy (non-hydrogen) atoms. The second-order valence-electron chi connectivity index (χ2n) is 4.98. The van der Waals surface area contributed by atoms with Gasteiger partial charge in [-0.05, 0) is 29.8 Å². The van der Waals surface area contributed by atoms with Gasteiger partial charge in [-0.25, -0.2) is 4.79 Å². The highest BCUT2D eigenvalue weighted by molar-refractivity contribution is 5.96.